The first kappa shape index (κ1) is 14.3. The molecule has 6 nitrogen and oxygen atoms in total. The van der Waals surface area contributed by atoms with Crippen molar-refractivity contribution in [2.75, 3.05) is 13.2 Å². The highest BCUT2D eigenvalue weighted by atomic mass is 16.5. The van der Waals surface area contributed by atoms with E-state index < -0.39 is 12.2 Å². The van der Waals surface area contributed by atoms with E-state index in [-0.39, 0.29) is 6.54 Å². The van der Waals surface area contributed by atoms with Crippen molar-refractivity contribution >= 4 is 0 Å². The second-order valence-electron chi connectivity index (χ2n) is 3.85. The Balaban J connectivity index is 2.72. The number of aliphatic hydroxyl groups is 2. The molecule has 0 saturated heterocycles. The molecule has 1 aromatic carbocycles. The van der Waals surface area contributed by atoms with Crippen molar-refractivity contribution < 1.29 is 14.9 Å². The van der Waals surface area contributed by atoms with E-state index in [1.807, 2.05) is 6.92 Å². The molecule has 0 aliphatic carbocycles. The smallest absolute Gasteiger partial charge is 0.119 e. The lowest BCUT2D eigenvalue weighted by Crippen LogP contribution is -2.21. The molecule has 2 N–H and O–H groups in total. The van der Waals surface area contributed by atoms with E-state index in [2.05, 4.69) is 10.0 Å². The summed E-state index contributed by atoms with van der Waals surface area (Å²) in [4.78, 5) is 2.54. The van der Waals surface area contributed by atoms with Crippen LogP contribution in [-0.2, 0) is 0 Å². The van der Waals surface area contributed by atoms with Gasteiger partial charge in [-0.15, -0.1) is 0 Å². The highest BCUT2D eigenvalue weighted by Crippen LogP contribution is 2.22. The van der Waals surface area contributed by atoms with Crippen molar-refractivity contribution in [2.45, 2.75) is 25.6 Å². The summed E-state index contributed by atoms with van der Waals surface area (Å²) >= 11 is 0. The Morgan fingerprint density at radius 3 is 2.89 bits per heavy atom. The van der Waals surface area contributed by atoms with Crippen molar-refractivity contribution in [1.82, 2.24) is 0 Å². The molecule has 0 radical (unpaired) electrons. The Labute approximate surface area is 105 Å². The third-order valence-electron chi connectivity index (χ3n) is 2.37. The zero-order valence-corrected chi connectivity index (χ0v) is 10.2. The van der Waals surface area contributed by atoms with Crippen LogP contribution in [0.15, 0.2) is 29.4 Å². The Hall–Kier alpha value is -1.75. The summed E-state index contributed by atoms with van der Waals surface area (Å²) in [7, 11) is 0. The molecule has 6 heteroatoms. The van der Waals surface area contributed by atoms with Gasteiger partial charge in [-0.3, -0.25) is 0 Å². The molecule has 2 atom stereocenters. The summed E-state index contributed by atoms with van der Waals surface area (Å²) in [6.07, 6.45) is -1.32. The van der Waals surface area contributed by atoms with Gasteiger partial charge in [0.2, 0.25) is 0 Å². The van der Waals surface area contributed by atoms with Crippen LogP contribution >= 0.6 is 0 Å². The third-order valence-corrected chi connectivity index (χ3v) is 2.37. The number of hydrogen-bond acceptors (Lipinski definition) is 4. The molecule has 98 valence electrons. The van der Waals surface area contributed by atoms with Crippen molar-refractivity contribution in [3.63, 3.8) is 0 Å². The molecule has 0 amide bonds. The second kappa shape index (κ2) is 7.55. The topological polar surface area (TPSA) is 98.5 Å². The number of benzene rings is 1. The highest BCUT2D eigenvalue weighted by molar-refractivity contribution is 5.30. The monoisotopic (exact) mass is 251 g/mol. The van der Waals surface area contributed by atoms with Crippen molar-refractivity contribution in [2.24, 2.45) is 5.11 Å². The summed E-state index contributed by atoms with van der Waals surface area (Å²) in [6, 6.07) is 6.87. The zero-order valence-electron chi connectivity index (χ0n) is 10.2. The van der Waals surface area contributed by atoms with Crippen LogP contribution in [0.4, 0.5) is 0 Å². The van der Waals surface area contributed by atoms with Gasteiger partial charge in [-0.1, -0.05) is 24.2 Å². The van der Waals surface area contributed by atoms with Crippen LogP contribution in [0.5, 0.6) is 5.75 Å². The lowest BCUT2D eigenvalue weighted by Gasteiger charge is -2.17. The molecule has 0 aliphatic rings. The SMILES string of the molecule is CCCOc1cccc(C(O)C(O)CN=[N+]=[N-])c1. The third kappa shape index (κ3) is 4.25. The van der Waals surface area contributed by atoms with Crippen LogP contribution in [0, 0.1) is 0 Å². The quantitative estimate of drug-likeness (QED) is 0.441. The van der Waals surface area contributed by atoms with Gasteiger partial charge in [-0.05, 0) is 29.6 Å². The van der Waals surface area contributed by atoms with Gasteiger partial charge in [0.15, 0.2) is 0 Å². The van der Waals surface area contributed by atoms with Crippen LogP contribution < -0.4 is 4.74 Å². The summed E-state index contributed by atoms with van der Waals surface area (Å²) in [6.45, 7) is 2.43. The summed E-state index contributed by atoms with van der Waals surface area (Å²) in [5, 5.41) is 22.7. The van der Waals surface area contributed by atoms with E-state index in [1.54, 1.807) is 24.3 Å². The molecule has 0 heterocycles. The predicted molar refractivity (Wildman–Crippen MR) is 67.2 cm³/mol. The number of ether oxygens (including phenoxy) is 1. The van der Waals surface area contributed by atoms with Crippen LogP contribution in [0.1, 0.15) is 25.0 Å². The van der Waals surface area contributed by atoms with Crippen LogP contribution in [0.2, 0.25) is 0 Å². The standard InChI is InChI=1S/C12H17N3O3/c1-2-6-18-10-5-3-4-9(7-10)12(17)11(16)8-14-15-13/h3-5,7,11-12,16-17H,2,6,8H2,1H3. The molecule has 0 aliphatic heterocycles. The van der Waals surface area contributed by atoms with Crippen LogP contribution in [0.25, 0.3) is 10.4 Å². The molecule has 2 unspecified atom stereocenters. The molecule has 0 bridgehead atoms. The highest BCUT2D eigenvalue weighted by Gasteiger charge is 2.17. The lowest BCUT2D eigenvalue weighted by atomic mass is 10.0. The van der Waals surface area contributed by atoms with Crippen LogP contribution in [0.3, 0.4) is 0 Å². The molecule has 1 aromatic rings. The Morgan fingerprint density at radius 2 is 2.22 bits per heavy atom. The van der Waals surface area contributed by atoms with E-state index in [0.717, 1.165) is 6.42 Å². The maximum Gasteiger partial charge on any atom is 0.119 e. The Bertz CT molecular complexity index is 419. The van der Waals surface area contributed by atoms with Crippen molar-refractivity contribution in [3.8, 4) is 5.75 Å². The molecular formula is C12H17N3O3. The number of azide groups is 1. The maximum atomic E-state index is 9.88. The first-order valence-electron chi connectivity index (χ1n) is 5.78. The normalized spacial score (nSPS) is 13.5. The Morgan fingerprint density at radius 1 is 1.44 bits per heavy atom. The summed E-state index contributed by atoms with van der Waals surface area (Å²) < 4.78 is 5.43. The number of hydrogen-bond donors (Lipinski definition) is 2. The fourth-order valence-electron chi connectivity index (χ4n) is 1.45. The minimum Gasteiger partial charge on any atom is -0.494 e. The summed E-state index contributed by atoms with van der Waals surface area (Å²) in [5.41, 5.74) is 8.69. The number of rotatable bonds is 7. The van der Waals surface area contributed by atoms with E-state index in [4.69, 9.17) is 10.3 Å². The maximum absolute atomic E-state index is 9.88. The minimum absolute atomic E-state index is 0.169. The number of aliphatic hydroxyl groups excluding tert-OH is 2. The average Bonchev–Trinajstić information content (AvgIpc) is 2.42. The van der Waals surface area contributed by atoms with E-state index >= 15 is 0 Å². The van der Waals surface area contributed by atoms with E-state index in [1.165, 1.54) is 0 Å². The van der Waals surface area contributed by atoms with Crippen molar-refractivity contribution in [1.29, 1.82) is 0 Å². The van der Waals surface area contributed by atoms with Gasteiger partial charge in [-0.2, -0.15) is 0 Å². The molecule has 0 spiro atoms. The zero-order chi connectivity index (χ0) is 13.4. The minimum atomic E-state index is -1.12. The van der Waals surface area contributed by atoms with E-state index in [0.29, 0.717) is 17.9 Å². The molecule has 0 aromatic heterocycles. The average molecular weight is 251 g/mol. The fraction of sp³-hybridized carbons (Fsp3) is 0.500. The fourth-order valence-corrected chi connectivity index (χ4v) is 1.45. The van der Waals surface area contributed by atoms with Gasteiger partial charge in [0, 0.05) is 4.91 Å². The van der Waals surface area contributed by atoms with Crippen LogP contribution in [-0.4, -0.2) is 29.5 Å². The molecule has 0 saturated carbocycles. The molecule has 18 heavy (non-hydrogen) atoms. The van der Waals surface area contributed by atoms with Gasteiger partial charge in [-0.25, -0.2) is 0 Å². The first-order chi connectivity index (χ1) is 8.69. The molecular weight excluding hydrogens is 234 g/mol. The largest absolute Gasteiger partial charge is 0.494 e. The summed E-state index contributed by atoms with van der Waals surface area (Å²) in [5.74, 6) is 0.643. The molecule has 0 fully saturated rings. The van der Waals surface area contributed by atoms with Gasteiger partial charge in [0.05, 0.1) is 19.3 Å². The predicted octanol–water partition coefficient (Wildman–Crippen LogP) is 2.18. The lowest BCUT2D eigenvalue weighted by molar-refractivity contribution is 0.0243. The number of nitrogens with zero attached hydrogens (tertiary/aromatic N) is 3. The second-order valence-corrected chi connectivity index (χ2v) is 3.85. The van der Waals surface area contributed by atoms with E-state index in [9.17, 15) is 10.2 Å². The van der Waals surface area contributed by atoms with Gasteiger partial charge in [0.1, 0.15) is 11.9 Å². The Kier molecular flexibility index (Phi) is 6.00. The van der Waals surface area contributed by atoms with Crippen molar-refractivity contribution in [3.05, 3.63) is 40.3 Å². The van der Waals surface area contributed by atoms with Gasteiger partial charge < -0.3 is 14.9 Å². The van der Waals surface area contributed by atoms with Gasteiger partial charge >= 0.3 is 0 Å². The van der Waals surface area contributed by atoms with Gasteiger partial charge in [0.25, 0.3) is 0 Å². The first-order valence-corrected chi connectivity index (χ1v) is 5.78. The molecule has 1 rings (SSSR count).